The van der Waals surface area contributed by atoms with E-state index in [0.717, 1.165) is 0 Å². The van der Waals surface area contributed by atoms with Gasteiger partial charge in [-0.05, 0) is 13.8 Å². The number of ether oxygens (including phenoxy) is 3. The van der Waals surface area contributed by atoms with E-state index in [2.05, 4.69) is 5.16 Å². The Balaban J connectivity index is 2.34. The van der Waals surface area contributed by atoms with Crippen molar-refractivity contribution in [2.75, 3.05) is 20.0 Å². The second-order valence-corrected chi connectivity index (χ2v) is 4.33. The predicted octanol–water partition coefficient (Wildman–Crippen LogP) is -2.00. The fourth-order valence-electron chi connectivity index (χ4n) is 1.81. The first-order valence-electron chi connectivity index (χ1n) is 6.40. The minimum absolute atomic E-state index is 0.0694. The molecule has 4 atom stereocenters. The molecule has 0 saturated carbocycles. The number of hydrogen-bond donors (Lipinski definition) is 2. The van der Waals surface area contributed by atoms with Gasteiger partial charge < -0.3 is 29.3 Å². The van der Waals surface area contributed by atoms with Gasteiger partial charge in [-0.3, -0.25) is 0 Å². The standard InChI is InChI=1S/C11H20BNO7/c1-3-17-11(16)6(2)13-19-5-18-9-8(15)7(4-14)20-10(9)12/h7-10,14-15H,3-5,12H2,1-2H3/b13-6-/t7-,8?,9?,10-/m1/s1. The highest BCUT2D eigenvalue weighted by Crippen LogP contribution is 2.21. The molecule has 2 N–H and O–H groups in total. The second-order valence-electron chi connectivity index (χ2n) is 4.33. The minimum atomic E-state index is -0.936. The average molecular weight is 289 g/mol. The van der Waals surface area contributed by atoms with Crippen LogP contribution >= 0.6 is 0 Å². The lowest BCUT2D eigenvalue weighted by molar-refractivity contribution is -0.136. The topological polar surface area (TPSA) is 107 Å². The number of nitrogens with zero attached hydrogens (tertiary/aromatic N) is 1. The van der Waals surface area contributed by atoms with Gasteiger partial charge in [0, 0.05) is 0 Å². The number of aliphatic hydroxyl groups excluding tert-OH is 2. The molecular weight excluding hydrogens is 269 g/mol. The molecular formula is C11H20BNO7. The molecule has 2 unspecified atom stereocenters. The van der Waals surface area contributed by atoms with Gasteiger partial charge in [0.05, 0.1) is 19.2 Å². The van der Waals surface area contributed by atoms with E-state index >= 15 is 0 Å². The number of oxime groups is 1. The van der Waals surface area contributed by atoms with Crippen molar-refractivity contribution in [1.82, 2.24) is 0 Å². The first-order valence-corrected chi connectivity index (χ1v) is 6.40. The number of carbonyl (C=O) groups is 1. The lowest BCUT2D eigenvalue weighted by Crippen LogP contribution is -2.36. The third-order valence-electron chi connectivity index (χ3n) is 2.84. The molecule has 1 fully saturated rings. The van der Waals surface area contributed by atoms with Crippen molar-refractivity contribution in [1.29, 1.82) is 0 Å². The predicted molar refractivity (Wildman–Crippen MR) is 70.9 cm³/mol. The summed E-state index contributed by atoms with van der Waals surface area (Å²) >= 11 is 0. The summed E-state index contributed by atoms with van der Waals surface area (Å²) < 4.78 is 15.3. The van der Waals surface area contributed by atoms with Crippen molar-refractivity contribution in [2.24, 2.45) is 5.16 Å². The van der Waals surface area contributed by atoms with Gasteiger partial charge in [0.2, 0.25) is 6.79 Å². The molecule has 0 radical (unpaired) electrons. The number of rotatable bonds is 7. The summed E-state index contributed by atoms with van der Waals surface area (Å²) in [6, 6.07) is -0.374. The van der Waals surface area contributed by atoms with Crippen molar-refractivity contribution in [3.8, 4) is 0 Å². The maximum atomic E-state index is 11.2. The molecule has 1 saturated heterocycles. The van der Waals surface area contributed by atoms with Gasteiger partial charge in [-0.25, -0.2) is 4.79 Å². The number of hydrogen-bond acceptors (Lipinski definition) is 8. The number of carbonyl (C=O) groups excluding carboxylic acids is 1. The summed E-state index contributed by atoms with van der Waals surface area (Å²) in [6.07, 6.45) is -2.22. The Morgan fingerprint density at radius 3 is 2.75 bits per heavy atom. The highest BCUT2D eigenvalue weighted by Gasteiger charge is 2.41. The molecule has 0 amide bonds. The van der Waals surface area contributed by atoms with Crippen LogP contribution in [0.2, 0.25) is 0 Å². The van der Waals surface area contributed by atoms with Crippen LogP contribution in [0.25, 0.3) is 0 Å². The van der Waals surface area contributed by atoms with Crippen LogP contribution in [-0.2, 0) is 23.8 Å². The summed E-state index contributed by atoms with van der Waals surface area (Å²) in [5.74, 6) is -0.564. The Kier molecular flexibility index (Phi) is 6.93. The summed E-state index contributed by atoms with van der Waals surface area (Å²) in [7, 11) is 1.72. The van der Waals surface area contributed by atoms with Crippen molar-refractivity contribution in [3.63, 3.8) is 0 Å². The highest BCUT2D eigenvalue weighted by molar-refractivity contribution is 6.35. The normalized spacial score (nSPS) is 30.3. The lowest BCUT2D eigenvalue weighted by Gasteiger charge is -2.17. The molecule has 1 aliphatic rings. The van der Waals surface area contributed by atoms with Crippen molar-refractivity contribution < 1.29 is 34.1 Å². The molecule has 0 aromatic rings. The van der Waals surface area contributed by atoms with Crippen LogP contribution in [0.1, 0.15) is 13.8 Å². The monoisotopic (exact) mass is 289 g/mol. The highest BCUT2D eigenvalue weighted by atomic mass is 16.8. The number of esters is 1. The molecule has 0 bridgehead atoms. The Bertz CT molecular complexity index is 352. The SMILES string of the molecule is B[C@@H]1O[C@H](CO)C(O)C1OCO/N=C(/C)C(=O)OCC. The summed E-state index contributed by atoms with van der Waals surface area (Å²) in [5.41, 5.74) is 0.0694. The Morgan fingerprint density at radius 1 is 1.50 bits per heavy atom. The molecule has 20 heavy (non-hydrogen) atoms. The van der Waals surface area contributed by atoms with Crippen LogP contribution in [0, 0.1) is 0 Å². The van der Waals surface area contributed by atoms with E-state index in [1.165, 1.54) is 6.92 Å². The third-order valence-corrected chi connectivity index (χ3v) is 2.84. The zero-order valence-corrected chi connectivity index (χ0v) is 11.8. The smallest absolute Gasteiger partial charge is 0.355 e. The van der Waals surface area contributed by atoms with E-state index in [-0.39, 0.29) is 31.7 Å². The van der Waals surface area contributed by atoms with Crippen molar-refractivity contribution >= 4 is 19.5 Å². The summed E-state index contributed by atoms with van der Waals surface area (Å²) in [5, 5.41) is 22.3. The number of aliphatic hydroxyl groups is 2. The molecule has 114 valence electrons. The molecule has 9 heteroatoms. The van der Waals surface area contributed by atoms with Gasteiger partial charge >= 0.3 is 5.97 Å². The quantitative estimate of drug-likeness (QED) is 0.139. The Hall–Kier alpha value is -1.16. The van der Waals surface area contributed by atoms with Crippen LogP contribution in [-0.4, -0.2) is 74.1 Å². The first kappa shape index (κ1) is 16.9. The lowest BCUT2D eigenvalue weighted by atomic mass is 9.93. The first-order chi connectivity index (χ1) is 9.51. The van der Waals surface area contributed by atoms with Gasteiger partial charge in [0.1, 0.15) is 26.2 Å². The van der Waals surface area contributed by atoms with E-state index in [1.807, 2.05) is 0 Å². The zero-order chi connectivity index (χ0) is 15.1. The van der Waals surface area contributed by atoms with Crippen LogP contribution in [0.15, 0.2) is 5.16 Å². The minimum Gasteiger partial charge on any atom is -0.461 e. The maximum Gasteiger partial charge on any atom is 0.355 e. The molecule has 0 aliphatic carbocycles. The third kappa shape index (κ3) is 4.45. The largest absolute Gasteiger partial charge is 0.461 e. The van der Waals surface area contributed by atoms with Crippen LogP contribution in [0.3, 0.4) is 0 Å². The van der Waals surface area contributed by atoms with Crippen molar-refractivity contribution in [2.45, 2.75) is 38.2 Å². The van der Waals surface area contributed by atoms with Gasteiger partial charge in [-0.1, -0.05) is 5.16 Å². The van der Waals surface area contributed by atoms with Gasteiger partial charge in [0.25, 0.3) is 0 Å². The molecule has 1 heterocycles. The van der Waals surface area contributed by atoms with Gasteiger partial charge in [0.15, 0.2) is 5.71 Å². The molecule has 0 spiro atoms. The Labute approximate surface area is 118 Å². The average Bonchev–Trinajstić information content (AvgIpc) is 2.70. The maximum absolute atomic E-state index is 11.2. The molecule has 8 nitrogen and oxygen atoms in total. The van der Waals surface area contributed by atoms with E-state index < -0.39 is 24.3 Å². The van der Waals surface area contributed by atoms with E-state index in [1.54, 1.807) is 14.8 Å². The summed E-state index contributed by atoms with van der Waals surface area (Å²) in [6.45, 7) is 2.87. The fourth-order valence-corrected chi connectivity index (χ4v) is 1.81. The van der Waals surface area contributed by atoms with E-state index in [9.17, 15) is 9.90 Å². The van der Waals surface area contributed by atoms with Crippen molar-refractivity contribution in [3.05, 3.63) is 0 Å². The van der Waals surface area contributed by atoms with Crippen LogP contribution in [0.4, 0.5) is 0 Å². The van der Waals surface area contributed by atoms with Gasteiger partial charge in [-0.15, -0.1) is 0 Å². The molecule has 1 aliphatic heterocycles. The van der Waals surface area contributed by atoms with E-state index in [0.29, 0.717) is 0 Å². The van der Waals surface area contributed by atoms with Crippen LogP contribution in [0.5, 0.6) is 0 Å². The second kappa shape index (κ2) is 8.20. The molecule has 0 aromatic carbocycles. The zero-order valence-electron chi connectivity index (χ0n) is 11.8. The van der Waals surface area contributed by atoms with Gasteiger partial charge in [-0.2, -0.15) is 0 Å². The van der Waals surface area contributed by atoms with E-state index in [4.69, 9.17) is 24.2 Å². The fraction of sp³-hybridized carbons (Fsp3) is 0.818. The van der Waals surface area contributed by atoms with Crippen LogP contribution < -0.4 is 0 Å². The molecule has 0 aromatic heterocycles. The Morgan fingerprint density at radius 2 is 2.20 bits per heavy atom. The summed E-state index contributed by atoms with van der Waals surface area (Å²) in [4.78, 5) is 16.0. The molecule has 1 rings (SSSR count).